The first-order valence-corrected chi connectivity index (χ1v) is 24.0. The molecule has 1 saturated carbocycles. The van der Waals surface area contributed by atoms with E-state index in [2.05, 4.69) is 208 Å². The first-order chi connectivity index (χ1) is 28.3. The molecule has 8 aromatic rings. The van der Waals surface area contributed by atoms with E-state index in [-0.39, 0.29) is 17.1 Å². The number of halogens is 2. The Morgan fingerprint density at radius 1 is 0.397 bits per heavy atom. The van der Waals surface area contributed by atoms with Crippen LogP contribution in [0.5, 0.6) is 0 Å². The topological polar surface area (TPSA) is 26.5 Å². The maximum absolute atomic E-state index is 4.54. The molecule has 1 heterocycles. The van der Waals surface area contributed by atoms with Gasteiger partial charge in [-0.25, -0.2) is 0 Å². The van der Waals surface area contributed by atoms with Crippen LogP contribution in [0.15, 0.2) is 230 Å². The van der Waals surface area contributed by atoms with E-state index in [1.54, 1.807) is 12.4 Å². The number of nitrogens with zero attached hydrogens (tertiary/aromatic N) is 2. The van der Waals surface area contributed by atoms with Gasteiger partial charge in [-0.1, -0.05) is 212 Å². The number of para-hydroxylation sites is 1. The summed E-state index contributed by atoms with van der Waals surface area (Å²) in [6.07, 6.45) is 3.56. The van der Waals surface area contributed by atoms with Gasteiger partial charge >= 0.3 is 39.3 Å². The minimum atomic E-state index is 0. The molecule has 1 aromatic heterocycles. The Morgan fingerprint density at radius 3 is 1.03 bits per heavy atom. The normalized spacial score (nSPS) is 18.3. The van der Waals surface area contributed by atoms with Gasteiger partial charge in [-0.2, -0.15) is 6.20 Å². The van der Waals surface area contributed by atoms with E-state index >= 15 is 0 Å². The molecule has 0 N–H and O–H groups in total. The summed E-state index contributed by atoms with van der Waals surface area (Å²) in [6.45, 7) is 0. The van der Waals surface area contributed by atoms with Crippen LogP contribution in [-0.4, -0.2) is 6.21 Å². The molecule has 1 aliphatic carbocycles. The largest absolute Gasteiger partial charge is 0.0622 e. The van der Waals surface area contributed by atoms with E-state index in [0.29, 0.717) is 29.6 Å². The maximum Gasteiger partial charge on any atom is 0 e. The molecule has 0 aliphatic heterocycles. The molecule has 0 atom stereocenters. The van der Waals surface area contributed by atoms with Crippen LogP contribution in [0.2, 0.25) is 0 Å². The van der Waals surface area contributed by atoms with E-state index in [4.69, 9.17) is 0 Å². The summed E-state index contributed by atoms with van der Waals surface area (Å²) in [5.74, 6) is 1.79. The summed E-state index contributed by atoms with van der Waals surface area (Å²) in [5, 5.41) is 0. The van der Waals surface area contributed by atoms with Crippen molar-refractivity contribution < 1.29 is 28.0 Å². The zero-order valence-electron chi connectivity index (χ0n) is 31.6. The Bertz CT molecular complexity index is 2100. The molecular formula is C52H43Br2FeN2Ni. The van der Waals surface area contributed by atoms with Gasteiger partial charge in [0.2, 0.25) is 0 Å². The Kier molecular flexibility index (Phi) is 16.8. The number of aliphatic imine (C=N–C) groups is 1. The molecule has 58 heavy (non-hydrogen) atoms. The predicted molar refractivity (Wildman–Crippen MR) is 243 cm³/mol. The quantitative estimate of drug-likeness (QED) is 0.110. The van der Waals surface area contributed by atoms with Crippen LogP contribution in [0, 0.1) is 0 Å². The molecule has 9 rings (SSSR count). The van der Waals surface area contributed by atoms with Crippen LogP contribution < -0.4 is 4.98 Å². The van der Waals surface area contributed by atoms with Gasteiger partial charge < -0.3 is 4.98 Å². The van der Waals surface area contributed by atoms with Crippen LogP contribution in [0.4, 0.5) is 5.69 Å². The van der Waals surface area contributed by atoms with E-state index in [1.807, 2.05) is 48.5 Å². The average molecular weight is 970 g/mol. The molecule has 6 heteroatoms. The third-order valence-electron chi connectivity index (χ3n) is 10.8. The van der Waals surface area contributed by atoms with Crippen molar-refractivity contribution in [2.45, 2.75) is 29.6 Å². The van der Waals surface area contributed by atoms with Crippen LogP contribution in [-0.2, 0) is 28.0 Å². The van der Waals surface area contributed by atoms with Crippen molar-refractivity contribution >= 4 is 40.4 Å². The van der Waals surface area contributed by atoms with Crippen molar-refractivity contribution in [3.05, 3.63) is 258 Å². The summed E-state index contributed by atoms with van der Waals surface area (Å²) >= 11 is 6.00. The van der Waals surface area contributed by atoms with Gasteiger partial charge in [0, 0.05) is 28.8 Å². The maximum atomic E-state index is 4.54. The second kappa shape index (κ2) is 22.6. The summed E-state index contributed by atoms with van der Waals surface area (Å²) in [4.78, 5) is 8.72. The minimum Gasteiger partial charge on any atom is -0.0622 e. The summed E-state index contributed by atoms with van der Waals surface area (Å²) in [6, 6.07) is 78.3. The minimum absolute atomic E-state index is 0. The van der Waals surface area contributed by atoms with Crippen LogP contribution in [0.25, 0.3) is 11.1 Å². The Labute approximate surface area is 374 Å². The number of rotatable bonds is 8. The zero-order chi connectivity index (χ0) is 39.1. The van der Waals surface area contributed by atoms with Crippen molar-refractivity contribution in [2.75, 3.05) is 0 Å². The molecule has 1 fully saturated rings. The molecule has 0 spiro atoms. The molecule has 0 radical (unpaired) electrons. The molecule has 0 amide bonds. The van der Waals surface area contributed by atoms with Gasteiger partial charge in [0.05, 0.1) is 5.69 Å². The summed E-state index contributed by atoms with van der Waals surface area (Å²) < 4.78 is 0. The fourth-order valence-corrected chi connectivity index (χ4v) is 8.54. The van der Waals surface area contributed by atoms with Crippen LogP contribution >= 0.6 is 28.5 Å². The third kappa shape index (κ3) is 10.7. The molecule has 0 bridgehead atoms. The summed E-state index contributed by atoms with van der Waals surface area (Å²) in [5.41, 5.74) is 11.3. The van der Waals surface area contributed by atoms with Gasteiger partial charge in [0.25, 0.3) is 0 Å². The van der Waals surface area contributed by atoms with Crippen molar-refractivity contribution in [1.29, 1.82) is 0 Å². The van der Waals surface area contributed by atoms with Crippen LogP contribution in [0.1, 0.15) is 63.1 Å². The van der Waals surface area contributed by atoms with E-state index in [1.165, 1.54) is 44.3 Å². The van der Waals surface area contributed by atoms with Crippen molar-refractivity contribution in [1.82, 2.24) is 4.98 Å². The smallest absolute Gasteiger partial charge is 0 e. The molecule has 0 saturated heterocycles. The van der Waals surface area contributed by atoms with Gasteiger partial charge in [-0.05, 0) is 69.0 Å². The van der Waals surface area contributed by atoms with E-state index < -0.39 is 0 Å². The van der Waals surface area contributed by atoms with Crippen molar-refractivity contribution in [3.8, 4) is 11.1 Å². The van der Waals surface area contributed by atoms with Gasteiger partial charge in [-0.3, -0.25) is 4.99 Å². The van der Waals surface area contributed by atoms with E-state index in [0.717, 1.165) is 16.9 Å². The van der Waals surface area contributed by atoms with Crippen LogP contribution in [0.3, 0.4) is 0 Å². The SMILES string of the molecule is C(=Nc1ccccc1-c1ccccc1)c1ccc[n-]1.[Br][Ni+][Br].[Fe].c1ccc(C2C(c3ccccc3)C(c3ccccc3)C(c3ccccc3)C2c2ccccc2)cc1. The standard InChI is InChI=1S/C35H30.C17H13N2.2BrH.Fe.Ni/c1-6-16-26(17-7-1)31-32(27-18-8-2-9-19-27)34(29-22-12-4-13-23-29)35(30-24-14-5-15-25-30)33(31)28-20-10-3-11-21-28;1-2-7-14(8-3-1)16-10-4-5-11-17(16)19-13-15-9-6-12-18-15;;;;/h1-25,31-35H;1-13H;2*1H;;/q;-1;;;;+3/p-2. The molecule has 7 aromatic carbocycles. The van der Waals surface area contributed by atoms with Crippen molar-refractivity contribution in [2.24, 2.45) is 4.99 Å². The molecule has 1 aliphatic rings. The van der Waals surface area contributed by atoms with E-state index in [9.17, 15) is 0 Å². The first kappa shape index (κ1) is 43.1. The molecule has 2 nitrogen and oxygen atoms in total. The summed E-state index contributed by atoms with van der Waals surface area (Å²) in [7, 11) is 1.25. The van der Waals surface area contributed by atoms with Gasteiger partial charge in [-0.15, -0.1) is 5.69 Å². The number of hydrogen-bond donors (Lipinski definition) is 0. The molecule has 0 unspecified atom stereocenters. The third-order valence-corrected chi connectivity index (χ3v) is 10.8. The number of aromatic nitrogens is 1. The second-order valence-corrected chi connectivity index (χ2v) is 18.9. The molecular weight excluding hydrogens is 927 g/mol. The fourth-order valence-electron chi connectivity index (χ4n) is 8.54. The number of hydrogen-bond acceptors (Lipinski definition) is 1. The Hall–Kier alpha value is -4.54. The van der Waals surface area contributed by atoms with Gasteiger partial charge in [0.15, 0.2) is 0 Å². The monoisotopic (exact) mass is 967 g/mol. The molecule has 293 valence electrons. The second-order valence-electron chi connectivity index (χ2n) is 13.9. The fraction of sp³-hybridized carbons (Fsp3) is 0.0962. The Morgan fingerprint density at radius 2 is 0.707 bits per heavy atom. The Balaban J connectivity index is 0.000000208. The van der Waals surface area contributed by atoms with Crippen molar-refractivity contribution in [3.63, 3.8) is 0 Å². The zero-order valence-corrected chi connectivity index (χ0v) is 36.9. The predicted octanol–water partition coefficient (Wildman–Crippen LogP) is 14.7. The first-order valence-electron chi connectivity index (χ1n) is 19.1. The van der Waals surface area contributed by atoms with Gasteiger partial charge in [0.1, 0.15) is 0 Å². The number of benzene rings is 7. The average Bonchev–Trinajstić information content (AvgIpc) is 3.95.